The number of nitrogens with one attached hydrogen (secondary N) is 1. The molecular weight excluding hydrogens is 351 g/mol. The van der Waals surface area contributed by atoms with Crippen LogP contribution >= 0.6 is 20.1 Å². The van der Waals surface area contributed by atoms with Gasteiger partial charge in [0.2, 0.25) is 11.8 Å². The predicted molar refractivity (Wildman–Crippen MR) is 112 cm³/mol. The number of nitrogens with two attached hydrogens (primary N) is 1. The molecule has 0 fully saturated rings. The molecule has 25 heavy (non-hydrogen) atoms. The highest BCUT2D eigenvalue weighted by Gasteiger charge is 1.99. The van der Waals surface area contributed by atoms with Gasteiger partial charge in [0.25, 0.3) is 0 Å². The first kappa shape index (κ1) is 25.5. The molecule has 140 valence electrons. The second kappa shape index (κ2) is 18.6. The summed E-state index contributed by atoms with van der Waals surface area (Å²) in [5, 5.41) is 7.01. The van der Waals surface area contributed by atoms with Gasteiger partial charge >= 0.3 is 0 Å². The number of thiophene rings is 1. The molecule has 2 amide bonds. The average Bonchev–Trinajstić information content (AvgIpc) is 3.07. The number of rotatable bonds is 4. The molecule has 0 aliphatic rings. The molecule has 0 spiro atoms. The van der Waals surface area contributed by atoms with E-state index in [1.807, 2.05) is 50.8 Å². The van der Waals surface area contributed by atoms with Gasteiger partial charge in [-0.1, -0.05) is 44.2 Å². The van der Waals surface area contributed by atoms with E-state index in [0.717, 1.165) is 6.42 Å². The van der Waals surface area contributed by atoms with Gasteiger partial charge < -0.3 is 10.8 Å². The zero-order valence-electron chi connectivity index (χ0n) is 15.8. The molecule has 0 saturated heterocycles. The van der Waals surface area contributed by atoms with Crippen LogP contribution in [-0.2, 0) is 16.0 Å². The number of carbonyl (C=O) groups is 2. The first-order valence-corrected chi connectivity index (χ1v) is 10.6. The number of benzene rings is 1. The van der Waals surface area contributed by atoms with Crippen molar-refractivity contribution in [2.24, 2.45) is 5.73 Å². The fourth-order valence-corrected chi connectivity index (χ4v) is 2.51. The van der Waals surface area contributed by atoms with Crippen LogP contribution in [0.3, 0.4) is 0 Å². The quantitative estimate of drug-likeness (QED) is 0.763. The van der Waals surface area contributed by atoms with Crippen LogP contribution in [0.1, 0.15) is 38.3 Å². The number of aryl methyl sites for hydroxylation is 2. The SMILES string of the molecule is CC.CC(N)=O.CPNC(=O)CCc1ccccc1.Cc1ccsc1. The van der Waals surface area contributed by atoms with Crippen molar-refractivity contribution in [2.45, 2.75) is 40.5 Å². The Hall–Kier alpha value is -1.71. The van der Waals surface area contributed by atoms with Crippen LogP contribution in [-0.4, -0.2) is 18.5 Å². The molecule has 4 nitrogen and oxygen atoms in total. The number of hydrogen-bond acceptors (Lipinski definition) is 3. The van der Waals surface area contributed by atoms with Crippen LogP contribution in [0, 0.1) is 6.92 Å². The maximum Gasteiger partial charge on any atom is 0.223 e. The molecule has 1 heterocycles. The zero-order valence-corrected chi connectivity index (χ0v) is 17.7. The van der Waals surface area contributed by atoms with Gasteiger partial charge in [-0.2, -0.15) is 11.3 Å². The molecule has 0 aliphatic heterocycles. The van der Waals surface area contributed by atoms with Crippen LogP contribution in [0.25, 0.3) is 0 Å². The largest absolute Gasteiger partial charge is 0.370 e. The highest BCUT2D eigenvalue weighted by molar-refractivity contribution is 7.35. The molecule has 2 rings (SSSR count). The Morgan fingerprint density at radius 2 is 1.72 bits per heavy atom. The molecule has 3 N–H and O–H groups in total. The predicted octanol–water partition coefficient (Wildman–Crippen LogP) is 4.53. The zero-order chi connectivity index (χ0) is 19.5. The van der Waals surface area contributed by atoms with E-state index in [2.05, 4.69) is 34.6 Å². The molecular formula is C19H31N2O2PS. The van der Waals surface area contributed by atoms with Crippen molar-refractivity contribution >= 4 is 31.9 Å². The Kier molecular flexibility index (Phi) is 19.0. The third-order valence-corrected chi connectivity index (χ3v) is 3.74. The van der Waals surface area contributed by atoms with Crippen LogP contribution < -0.4 is 10.8 Å². The van der Waals surface area contributed by atoms with Gasteiger partial charge in [0.05, 0.1) is 0 Å². The molecule has 2 aromatic rings. The van der Waals surface area contributed by atoms with Crippen molar-refractivity contribution in [1.29, 1.82) is 0 Å². The van der Waals surface area contributed by atoms with Crippen molar-refractivity contribution in [3.05, 3.63) is 58.3 Å². The van der Waals surface area contributed by atoms with E-state index in [1.165, 1.54) is 18.1 Å². The molecule has 0 bridgehead atoms. The lowest BCUT2D eigenvalue weighted by Gasteiger charge is -2.01. The summed E-state index contributed by atoms with van der Waals surface area (Å²) in [7, 11) is 0.506. The highest BCUT2D eigenvalue weighted by atomic mass is 32.1. The maximum atomic E-state index is 11.1. The number of amides is 2. The summed E-state index contributed by atoms with van der Waals surface area (Å²) in [4.78, 5) is 20.3. The van der Waals surface area contributed by atoms with Gasteiger partial charge in [-0.3, -0.25) is 9.59 Å². The van der Waals surface area contributed by atoms with Gasteiger partial charge in [0.1, 0.15) is 0 Å². The van der Waals surface area contributed by atoms with Crippen LogP contribution in [0.15, 0.2) is 47.2 Å². The maximum absolute atomic E-state index is 11.1. The number of primary amides is 1. The van der Waals surface area contributed by atoms with Gasteiger partial charge in [-0.05, 0) is 56.7 Å². The minimum absolute atomic E-state index is 0.143. The Balaban J connectivity index is 0. The van der Waals surface area contributed by atoms with Crippen LogP contribution in [0.5, 0.6) is 0 Å². The lowest BCUT2D eigenvalue weighted by atomic mass is 10.1. The Morgan fingerprint density at radius 3 is 2.08 bits per heavy atom. The first-order chi connectivity index (χ1) is 12.0. The van der Waals surface area contributed by atoms with Gasteiger partial charge in [-0.25, -0.2) is 0 Å². The Bertz CT molecular complexity index is 542. The summed E-state index contributed by atoms with van der Waals surface area (Å²) in [6, 6.07) is 12.2. The summed E-state index contributed by atoms with van der Waals surface area (Å²) < 4.78 is 0. The summed E-state index contributed by atoms with van der Waals surface area (Å²) in [5.74, 6) is -0.190. The normalized spacial score (nSPS) is 8.84. The molecule has 1 aromatic heterocycles. The Morgan fingerprint density at radius 1 is 1.16 bits per heavy atom. The molecule has 1 unspecified atom stereocenters. The topological polar surface area (TPSA) is 72.2 Å². The molecule has 0 radical (unpaired) electrons. The lowest BCUT2D eigenvalue weighted by Crippen LogP contribution is -2.14. The van der Waals surface area contributed by atoms with Crippen LogP contribution in [0.2, 0.25) is 0 Å². The molecule has 0 saturated carbocycles. The van der Waals surface area contributed by atoms with E-state index < -0.39 is 0 Å². The molecule has 6 heteroatoms. The number of hydrogen-bond donors (Lipinski definition) is 2. The van der Waals surface area contributed by atoms with E-state index >= 15 is 0 Å². The summed E-state index contributed by atoms with van der Waals surface area (Å²) >= 11 is 1.74. The average molecular weight is 383 g/mol. The third kappa shape index (κ3) is 20.2. The van der Waals surface area contributed by atoms with E-state index in [9.17, 15) is 9.59 Å². The lowest BCUT2D eigenvalue weighted by molar-refractivity contribution is -0.119. The highest BCUT2D eigenvalue weighted by Crippen LogP contribution is 2.03. The van der Waals surface area contributed by atoms with Crippen LogP contribution in [0.4, 0.5) is 0 Å². The van der Waals surface area contributed by atoms with E-state index in [1.54, 1.807) is 11.3 Å². The minimum atomic E-state index is -0.333. The minimum Gasteiger partial charge on any atom is -0.370 e. The van der Waals surface area contributed by atoms with E-state index in [4.69, 9.17) is 0 Å². The molecule has 1 atom stereocenters. The molecule has 1 aromatic carbocycles. The van der Waals surface area contributed by atoms with E-state index in [-0.39, 0.29) is 11.8 Å². The van der Waals surface area contributed by atoms with Gasteiger partial charge in [0, 0.05) is 13.3 Å². The van der Waals surface area contributed by atoms with Crippen molar-refractivity contribution in [2.75, 3.05) is 6.66 Å². The summed E-state index contributed by atoms with van der Waals surface area (Å²) in [6.45, 7) is 9.36. The van der Waals surface area contributed by atoms with Gasteiger partial charge in [-0.15, -0.1) is 0 Å². The van der Waals surface area contributed by atoms with Crippen molar-refractivity contribution in [3.63, 3.8) is 0 Å². The third-order valence-electron chi connectivity index (χ3n) is 2.41. The second-order valence-corrected chi connectivity index (χ2v) is 6.23. The monoisotopic (exact) mass is 382 g/mol. The van der Waals surface area contributed by atoms with Crippen molar-refractivity contribution < 1.29 is 9.59 Å². The summed E-state index contributed by atoms with van der Waals surface area (Å²) in [6.07, 6.45) is 1.42. The van der Waals surface area contributed by atoms with E-state index in [0.29, 0.717) is 15.2 Å². The number of carbonyl (C=O) groups excluding carboxylic acids is 2. The van der Waals surface area contributed by atoms with Crippen molar-refractivity contribution in [1.82, 2.24) is 5.09 Å². The fourth-order valence-electron chi connectivity index (χ4n) is 1.44. The van der Waals surface area contributed by atoms with Crippen molar-refractivity contribution in [3.8, 4) is 0 Å². The Labute approximate surface area is 158 Å². The summed E-state index contributed by atoms with van der Waals surface area (Å²) in [5.41, 5.74) is 7.05. The fraction of sp³-hybridized carbons (Fsp3) is 0.368. The molecule has 0 aliphatic carbocycles. The second-order valence-electron chi connectivity index (χ2n) is 4.70. The smallest absolute Gasteiger partial charge is 0.223 e. The standard InChI is InChI=1S/C10H14NOP.C5H6S.C2H5NO.C2H6/c1-13-11-10(12)8-7-9-5-3-2-4-6-9;1-5-2-3-6-4-5;1-2(3)4;1-2/h2-6,13H,7-8H2,1H3,(H,11,12);2-4H,1H3;1H3,(H2,3,4);1-2H3. The first-order valence-electron chi connectivity index (χ1n) is 8.20. The van der Waals surface area contributed by atoms with Gasteiger partial charge in [0.15, 0.2) is 0 Å².